The molecule has 0 amide bonds. The number of aliphatic imine (C=N–C) groups is 1. The predicted octanol–water partition coefficient (Wildman–Crippen LogP) is 3.38. The maximum absolute atomic E-state index is 4.10. The van der Waals surface area contributed by atoms with E-state index in [9.17, 15) is 0 Å². The van der Waals surface area contributed by atoms with E-state index in [-0.39, 0.29) is 0 Å². The summed E-state index contributed by atoms with van der Waals surface area (Å²) in [7, 11) is 1.71. The number of hydrogen-bond donors (Lipinski definition) is 0. The molecule has 0 unspecified atom stereocenters. The predicted molar refractivity (Wildman–Crippen MR) is 62.5 cm³/mol. The van der Waals surface area contributed by atoms with Crippen LogP contribution in [0.1, 0.15) is 5.56 Å². The van der Waals surface area contributed by atoms with E-state index in [4.69, 9.17) is 0 Å². The van der Waals surface area contributed by atoms with Crippen LogP contribution in [-0.2, 0) is 0 Å². The first-order valence-electron chi connectivity index (χ1n) is 4.68. The van der Waals surface area contributed by atoms with E-state index >= 15 is 0 Å². The van der Waals surface area contributed by atoms with Crippen molar-refractivity contribution in [3.63, 3.8) is 0 Å². The molecule has 1 aliphatic heterocycles. The number of fused-ring (bicyclic) bond motifs is 1. The van der Waals surface area contributed by atoms with Crippen LogP contribution in [0.25, 0.3) is 5.57 Å². The highest BCUT2D eigenvalue weighted by molar-refractivity contribution is 6.25. The number of amidine groups is 1. The van der Waals surface area contributed by atoms with Crippen LogP contribution in [-0.4, -0.2) is 12.9 Å². The largest absolute Gasteiger partial charge is 0.268 e. The van der Waals surface area contributed by atoms with Gasteiger partial charge < -0.3 is 0 Å². The van der Waals surface area contributed by atoms with E-state index in [1.807, 2.05) is 30.3 Å². The highest BCUT2D eigenvalue weighted by Gasteiger charge is 2.16. The fourth-order valence-corrected chi connectivity index (χ4v) is 1.51. The maximum atomic E-state index is 4.10. The van der Waals surface area contributed by atoms with E-state index in [1.54, 1.807) is 13.1 Å². The van der Waals surface area contributed by atoms with Crippen LogP contribution in [0.5, 0.6) is 0 Å². The minimum absolute atomic E-state index is 0.647. The van der Waals surface area contributed by atoms with Crippen LogP contribution in [0.15, 0.2) is 58.2 Å². The van der Waals surface area contributed by atoms with Gasteiger partial charge in [-0.05, 0) is 6.07 Å². The summed E-state index contributed by atoms with van der Waals surface area (Å²) in [6, 6.07) is 7.86. The Morgan fingerprint density at radius 3 is 2.80 bits per heavy atom. The number of benzene rings is 1. The second kappa shape index (κ2) is 4.00. The fourth-order valence-electron chi connectivity index (χ4n) is 1.51. The number of azo groups is 1. The second-order valence-corrected chi connectivity index (χ2v) is 3.08. The molecule has 0 bridgehead atoms. The minimum atomic E-state index is 0.647. The summed E-state index contributed by atoms with van der Waals surface area (Å²) in [6.45, 7) is 3.69. The molecule has 0 saturated heterocycles. The Hall–Kier alpha value is -2.03. The highest BCUT2D eigenvalue weighted by atomic mass is 15.2. The van der Waals surface area contributed by atoms with Crippen molar-refractivity contribution in [1.82, 2.24) is 0 Å². The van der Waals surface area contributed by atoms with Crippen LogP contribution < -0.4 is 0 Å². The van der Waals surface area contributed by atoms with Gasteiger partial charge in [0, 0.05) is 18.2 Å². The lowest BCUT2D eigenvalue weighted by atomic mass is 10.0. The first-order valence-corrected chi connectivity index (χ1v) is 4.68. The summed E-state index contributed by atoms with van der Waals surface area (Å²) in [4.78, 5) is 4.09. The minimum Gasteiger partial charge on any atom is -0.268 e. The summed E-state index contributed by atoms with van der Waals surface area (Å²) in [5.74, 6) is 0.647. The van der Waals surface area contributed by atoms with E-state index in [0.717, 1.165) is 16.8 Å². The fraction of sp³-hybridized carbons (Fsp3) is 0.0833. The number of allylic oxidation sites excluding steroid dienone is 2. The molecule has 0 aromatic heterocycles. The monoisotopic (exact) mass is 197 g/mol. The first kappa shape index (κ1) is 9.52. The highest BCUT2D eigenvalue weighted by Crippen LogP contribution is 2.32. The third kappa shape index (κ3) is 1.64. The van der Waals surface area contributed by atoms with Gasteiger partial charge >= 0.3 is 0 Å². The van der Waals surface area contributed by atoms with E-state index < -0.39 is 0 Å². The molecule has 0 radical (unpaired) electrons. The third-order valence-corrected chi connectivity index (χ3v) is 2.18. The zero-order valence-corrected chi connectivity index (χ0v) is 8.51. The topological polar surface area (TPSA) is 37.1 Å². The Morgan fingerprint density at radius 1 is 1.27 bits per heavy atom. The molecule has 0 aliphatic carbocycles. The van der Waals surface area contributed by atoms with E-state index in [1.165, 1.54) is 0 Å². The van der Waals surface area contributed by atoms with Crippen molar-refractivity contribution >= 4 is 17.1 Å². The van der Waals surface area contributed by atoms with Crippen molar-refractivity contribution in [2.24, 2.45) is 15.2 Å². The van der Waals surface area contributed by atoms with Crippen molar-refractivity contribution < 1.29 is 0 Å². The SMILES string of the molecule is C=C/C=C1\C(=N/C)N=Nc2ccccc21. The van der Waals surface area contributed by atoms with Crippen LogP contribution in [0, 0.1) is 0 Å². The number of hydrogen-bond acceptors (Lipinski definition) is 2. The van der Waals surface area contributed by atoms with Crippen molar-refractivity contribution in [3.05, 3.63) is 48.6 Å². The third-order valence-electron chi connectivity index (χ3n) is 2.18. The molecule has 74 valence electrons. The molecular weight excluding hydrogens is 186 g/mol. The van der Waals surface area contributed by atoms with Gasteiger partial charge in [0.25, 0.3) is 0 Å². The van der Waals surface area contributed by atoms with Crippen molar-refractivity contribution in [2.45, 2.75) is 0 Å². The standard InChI is InChI=1S/C12H11N3/c1-3-6-10-9-7-4-5-8-11(9)14-15-12(10)13-2/h3-8H,1H2,2H3/b10-6-,13-12+. The Labute approximate surface area is 88.6 Å². The van der Waals surface area contributed by atoms with Crippen LogP contribution in [0.3, 0.4) is 0 Å². The average Bonchev–Trinajstić information content (AvgIpc) is 2.30. The molecular formula is C12H11N3. The number of rotatable bonds is 1. The quantitative estimate of drug-likeness (QED) is 0.661. The van der Waals surface area contributed by atoms with E-state index in [0.29, 0.717) is 5.84 Å². The lowest BCUT2D eigenvalue weighted by molar-refractivity contribution is 1.22. The molecule has 3 nitrogen and oxygen atoms in total. The molecule has 15 heavy (non-hydrogen) atoms. The van der Waals surface area contributed by atoms with Gasteiger partial charge in [0.15, 0.2) is 5.84 Å². The molecule has 1 heterocycles. The van der Waals surface area contributed by atoms with Crippen molar-refractivity contribution in [2.75, 3.05) is 7.05 Å². The molecule has 0 N–H and O–H groups in total. The molecule has 0 saturated carbocycles. The smallest absolute Gasteiger partial charge is 0.177 e. The lowest BCUT2D eigenvalue weighted by Crippen LogP contribution is -2.02. The molecule has 0 spiro atoms. The zero-order chi connectivity index (χ0) is 10.7. The van der Waals surface area contributed by atoms with Crippen LogP contribution >= 0.6 is 0 Å². The van der Waals surface area contributed by atoms with Crippen LogP contribution in [0.2, 0.25) is 0 Å². The van der Waals surface area contributed by atoms with Gasteiger partial charge in [-0.3, -0.25) is 4.99 Å². The summed E-state index contributed by atoms with van der Waals surface area (Å²) >= 11 is 0. The Bertz CT molecular complexity index is 481. The molecule has 3 heteroatoms. The van der Waals surface area contributed by atoms with Gasteiger partial charge in [-0.2, -0.15) is 0 Å². The van der Waals surface area contributed by atoms with Crippen molar-refractivity contribution in [3.8, 4) is 0 Å². The first-order chi connectivity index (χ1) is 7.36. The zero-order valence-electron chi connectivity index (χ0n) is 8.51. The van der Waals surface area contributed by atoms with Gasteiger partial charge in [-0.1, -0.05) is 36.9 Å². The maximum Gasteiger partial charge on any atom is 0.177 e. The summed E-state index contributed by atoms with van der Waals surface area (Å²) in [5, 5.41) is 8.15. The molecule has 0 atom stereocenters. The average molecular weight is 197 g/mol. The summed E-state index contributed by atoms with van der Waals surface area (Å²) in [6.07, 6.45) is 3.64. The van der Waals surface area contributed by atoms with Gasteiger partial charge in [-0.15, -0.1) is 10.2 Å². The lowest BCUT2D eigenvalue weighted by Gasteiger charge is -2.12. The van der Waals surface area contributed by atoms with Gasteiger partial charge in [-0.25, -0.2) is 0 Å². The van der Waals surface area contributed by atoms with Gasteiger partial charge in [0.05, 0.1) is 5.69 Å². The molecule has 1 aliphatic rings. The molecule has 1 aromatic carbocycles. The van der Waals surface area contributed by atoms with Gasteiger partial charge in [0.2, 0.25) is 0 Å². The Kier molecular flexibility index (Phi) is 2.54. The summed E-state index contributed by atoms with van der Waals surface area (Å²) in [5.41, 5.74) is 2.89. The van der Waals surface area contributed by atoms with Gasteiger partial charge in [0.1, 0.15) is 0 Å². The Morgan fingerprint density at radius 2 is 2.07 bits per heavy atom. The molecule has 1 aromatic rings. The van der Waals surface area contributed by atoms with Crippen molar-refractivity contribution in [1.29, 1.82) is 0 Å². The van der Waals surface area contributed by atoms with Crippen LogP contribution in [0.4, 0.5) is 5.69 Å². The normalized spacial score (nSPS) is 19.3. The number of nitrogens with zero attached hydrogens (tertiary/aromatic N) is 3. The molecule has 2 rings (SSSR count). The second-order valence-electron chi connectivity index (χ2n) is 3.08. The summed E-state index contributed by atoms with van der Waals surface area (Å²) < 4.78 is 0. The van der Waals surface area contributed by atoms with E-state index in [2.05, 4.69) is 21.8 Å². The molecule has 0 fully saturated rings. The Balaban J connectivity index is 2.65.